The summed E-state index contributed by atoms with van der Waals surface area (Å²) in [6.07, 6.45) is 10.2. The molecule has 2 nitrogen and oxygen atoms in total. The van der Waals surface area contributed by atoms with Crippen LogP contribution in [0, 0.1) is 5.92 Å². The molecule has 0 aromatic heterocycles. The first-order valence-electron chi connectivity index (χ1n) is 5.14. The van der Waals surface area contributed by atoms with Gasteiger partial charge in [-0.15, -0.1) is 0 Å². The molecular formula is C12H18O2. The van der Waals surface area contributed by atoms with Gasteiger partial charge in [-0.25, -0.2) is 0 Å². The molecule has 0 heterocycles. The van der Waals surface area contributed by atoms with Crippen LogP contribution in [0.25, 0.3) is 0 Å². The molecule has 1 aliphatic carbocycles. The SMILES string of the molecule is CC(=O)OCC(C)=CC1CC=CCC1. The summed E-state index contributed by atoms with van der Waals surface area (Å²) in [6.45, 7) is 3.90. The summed E-state index contributed by atoms with van der Waals surface area (Å²) in [4.78, 5) is 10.6. The van der Waals surface area contributed by atoms with E-state index in [4.69, 9.17) is 4.74 Å². The summed E-state index contributed by atoms with van der Waals surface area (Å²) in [5.74, 6) is 0.428. The van der Waals surface area contributed by atoms with Gasteiger partial charge < -0.3 is 4.74 Å². The van der Waals surface area contributed by atoms with Crippen LogP contribution in [0.3, 0.4) is 0 Å². The van der Waals surface area contributed by atoms with Gasteiger partial charge in [0.25, 0.3) is 0 Å². The molecular weight excluding hydrogens is 176 g/mol. The Morgan fingerprint density at radius 3 is 2.86 bits per heavy atom. The lowest BCUT2D eigenvalue weighted by Crippen LogP contribution is -2.04. The fourth-order valence-electron chi connectivity index (χ4n) is 1.63. The molecule has 14 heavy (non-hydrogen) atoms. The van der Waals surface area contributed by atoms with Crippen molar-refractivity contribution in [3.63, 3.8) is 0 Å². The molecule has 0 saturated carbocycles. The van der Waals surface area contributed by atoms with E-state index in [-0.39, 0.29) is 5.97 Å². The zero-order chi connectivity index (χ0) is 10.4. The third-order valence-electron chi connectivity index (χ3n) is 2.33. The minimum atomic E-state index is -0.207. The van der Waals surface area contributed by atoms with E-state index >= 15 is 0 Å². The summed E-state index contributed by atoms with van der Waals surface area (Å²) in [7, 11) is 0. The van der Waals surface area contributed by atoms with E-state index in [9.17, 15) is 4.79 Å². The number of allylic oxidation sites excluding steroid dienone is 3. The second-order valence-electron chi connectivity index (χ2n) is 3.84. The lowest BCUT2D eigenvalue weighted by Gasteiger charge is -2.14. The maximum Gasteiger partial charge on any atom is 0.302 e. The summed E-state index contributed by atoms with van der Waals surface area (Å²) < 4.78 is 4.92. The minimum absolute atomic E-state index is 0.207. The molecule has 0 spiro atoms. The van der Waals surface area contributed by atoms with Crippen molar-refractivity contribution in [3.05, 3.63) is 23.8 Å². The summed E-state index contributed by atoms with van der Waals surface area (Å²) in [5, 5.41) is 0. The normalized spacial score (nSPS) is 22.1. The molecule has 0 aromatic carbocycles. The van der Waals surface area contributed by atoms with Crippen molar-refractivity contribution < 1.29 is 9.53 Å². The van der Waals surface area contributed by atoms with Crippen LogP contribution in [0.5, 0.6) is 0 Å². The van der Waals surface area contributed by atoms with Crippen LogP contribution in [0.4, 0.5) is 0 Å². The Morgan fingerprint density at radius 2 is 2.29 bits per heavy atom. The maximum absolute atomic E-state index is 10.6. The zero-order valence-electron chi connectivity index (χ0n) is 8.95. The van der Waals surface area contributed by atoms with Crippen molar-refractivity contribution in [2.24, 2.45) is 5.92 Å². The molecule has 0 N–H and O–H groups in total. The Kier molecular flexibility index (Phi) is 4.44. The van der Waals surface area contributed by atoms with E-state index in [1.165, 1.54) is 19.8 Å². The lowest BCUT2D eigenvalue weighted by atomic mass is 9.93. The molecule has 78 valence electrons. The maximum atomic E-state index is 10.6. The number of rotatable bonds is 3. The van der Waals surface area contributed by atoms with Crippen molar-refractivity contribution in [1.82, 2.24) is 0 Å². The quantitative estimate of drug-likeness (QED) is 0.510. The number of carbonyl (C=O) groups is 1. The summed E-state index contributed by atoms with van der Waals surface area (Å²) in [6, 6.07) is 0. The predicted octanol–water partition coefficient (Wildman–Crippen LogP) is 2.85. The van der Waals surface area contributed by atoms with Crippen molar-refractivity contribution in [2.75, 3.05) is 6.61 Å². The molecule has 1 unspecified atom stereocenters. The molecule has 1 aliphatic rings. The van der Waals surface area contributed by atoms with E-state index in [0.29, 0.717) is 12.5 Å². The Hall–Kier alpha value is -1.05. The number of ether oxygens (including phenoxy) is 1. The fraction of sp³-hybridized carbons (Fsp3) is 0.583. The first-order valence-corrected chi connectivity index (χ1v) is 5.14. The van der Waals surface area contributed by atoms with E-state index in [2.05, 4.69) is 18.2 Å². The van der Waals surface area contributed by atoms with Gasteiger partial charge in [-0.3, -0.25) is 4.79 Å². The molecule has 0 radical (unpaired) electrons. The second-order valence-corrected chi connectivity index (χ2v) is 3.84. The van der Waals surface area contributed by atoms with Gasteiger partial charge in [0.2, 0.25) is 0 Å². The van der Waals surface area contributed by atoms with Gasteiger partial charge in [-0.05, 0) is 37.7 Å². The van der Waals surface area contributed by atoms with Crippen LogP contribution in [0.15, 0.2) is 23.8 Å². The van der Waals surface area contributed by atoms with Crippen LogP contribution >= 0.6 is 0 Å². The van der Waals surface area contributed by atoms with E-state index in [0.717, 1.165) is 12.0 Å². The summed E-state index contributed by atoms with van der Waals surface area (Å²) in [5.41, 5.74) is 1.15. The number of hydrogen-bond acceptors (Lipinski definition) is 2. The Labute approximate surface area is 85.6 Å². The van der Waals surface area contributed by atoms with Gasteiger partial charge in [-0.1, -0.05) is 18.2 Å². The standard InChI is InChI=1S/C12H18O2/c1-10(9-14-11(2)13)8-12-6-4-3-5-7-12/h3-4,8,12H,5-7,9H2,1-2H3. The minimum Gasteiger partial charge on any atom is -0.461 e. The third kappa shape index (κ3) is 4.26. The molecule has 1 atom stereocenters. The van der Waals surface area contributed by atoms with Gasteiger partial charge in [0, 0.05) is 6.92 Å². The van der Waals surface area contributed by atoms with Gasteiger partial charge in [0.05, 0.1) is 0 Å². The highest BCUT2D eigenvalue weighted by Gasteiger charge is 2.07. The average molecular weight is 194 g/mol. The third-order valence-corrected chi connectivity index (χ3v) is 2.33. The highest BCUT2D eigenvalue weighted by atomic mass is 16.5. The zero-order valence-corrected chi connectivity index (χ0v) is 8.95. The smallest absolute Gasteiger partial charge is 0.302 e. The highest BCUT2D eigenvalue weighted by molar-refractivity contribution is 5.66. The molecule has 2 heteroatoms. The number of hydrogen-bond donors (Lipinski definition) is 0. The lowest BCUT2D eigenvalue weighted by molar-refractivity contribution is -0.139. The predicted molar refractivity (Wildman–Crippen MR) is 56.9 cm³/mol. The number of esters is 1. The molecule has 0 aromatic rings. The van der Waals surface area contributed by atoms with Crippen LogP contribution < -0.4 is 0 Å². The van der Waals surface area contributed by atoms with Gasteiger partial charge >= 0.3 is 5.97 Å². The van der Waals surface area contributed by atoms with Crippen molar-refractivity contribution in [1.29, 1.82) is 0 Å². The molecule has 0 aliphatic heterocycles. The van der Waals surface area contributed by atoms with Crippen molar-refractivity contribution in [2.45, 2.75) is 33.1 Å². The average Bonchev–Trinajstić information content (AvgIpc) is 2.16. The fourth-order valence-corrected chi connectivity index (χ4v) is 1.63. The van der Waals surface area contributed by atoms with Crippen LogP contribution in [0.1, 0.15) is 33.1 Å². The first kappa shape index (κ1) is 11.0. The van der Waals surface area contributed by atoms with Crippen LogP contribution in [-0.4, -0.2) is 12.6 Å². The monoisotopic (exact) mass is 194 g/mol. The van der Waals surface area contributed by atoms with Crippen molar-refractivity contribution in [3.8, 4) is 0 Å². The van der Waals surface area contributed by atoms with Gasteiger partial charge in [0.15, 0.2) is 0 Å². The number of carbonyl (C=O) groups excluding carboxylic acids is 1. The molecule has 0 bridgehead atoms. The molecule has 0 fully saturated rings. The first-order chi connectivity index (χ1) is 6.68. The topological polar surface area (TPSA) is 26.3 Å². The molecule has 0 amide bonds. The van der Waals surface area contributed by atoms with Crippen molar-refractivity contribution >= 4 is 5.97 Å². The van der Waals surface area contributed by atoms with Crippen LogP contribution in [0.2, 0.25) is 0 Å². The van der Waals surface area contributed by atoms with E-state index < -0.39 is 0 Å². The molecule has 1 rings (SSSR count). The highest BCUT2D eigenvalue weighted by Crippen LogP contribution is 2.20. The van der Waals surface area contributed by atoms with Gasteiger partial charge in [-0.2, -0.15) is 0 Å². The Morgan fingerprint density at radius 1 is 1.50 bits per heavy atom. The van der Waals surface area contributed by atoms with Crippen LogP contribution in [-0.2, 0) is 9.53 Å². The summed E-state index contributed by atoms with van der Waals surface area (Å²) >= 11 is 0. The Bertz CT molecular complexity index is 251. The van der Waals surface area contributed by atoms with E-state index in [1.807, 2.05) is 6.92 Å². The molecule has 0 saturated heterocycles. The van der Waals surface area contributed by atoms with E-state index in [1.54, 1.807) is 0 Å². The largest absolute Gasteiger partial charge is 0.461 e. The second kappa shape index (κ2) is 5.63. The Balaban J connectivity index is 2.34. The van der Waals surface area contributed by atoms with Gasteiger partial charge in [0.1, 0.15) is 6.61 Å².